The summed E-state index contributed by atoms with van der Waals surface area (Å²) in [6.45, 7) is 14.7. The Morgan fingerprint density at radius 3 is 2.32 bits per heavy atom. The van der Waals surface area contributed by atoms with Crippen LogP contribution in [0.25, 0.3) is 0 Å². The second kappa shape index (κ2) is 7.09. The van der Waals surface area contributed by atoms with E-state index in [1.807, 2.05) is 0 Å². The summed E-state index contributed by atoms with van der Waals surface area (Å²) in [6.07, 6.45) is 3.59. The summed E-state index contributed by atoms with van der Waals surface area (Å²) in [6, 6.07) is 7.46. The summed E-state index contributed by atoms with van der Waals surface area (Å²) < 4.78 is 0. The maximum atomic E-state index is 3.71. The van der Waals surface area contributed by atoms with Gasteiger partial charge in [0.1, 0.15) is 0 Å². The molecule has 1 nitrogen and oxygen atoms in total. The van der Waals surface area contributed by atoms with Gasteiger partial charge in [0.25, 0.3) is 0 Å². The van der Waals surface area contributed by atoms with Crippen LogP contribution in [0.1, 0.15) is 57.2 Å². The Labute approximate surface area is 119 Å². The fourth-order valence-corrected chi connectivity index (χ4v) is 2.43. The Morgan fingerprint density at radius 2 is 1.79 bits per heavy atom. The van der Waals surface area contributed by atoms with Gasteiger partial charge in [-0.15, -0.1) is 0 Å². The van der Waals surface area contributed by atoms with Gasteiger partial charge in [0.15, 0.2) is 0 Å². The van der Waals surface area contributed by atoms with Crippen LogP contribution in [0.15, 0.2) is 18.2 Å². The predicted molar refractivity (Wildman–Crippen MR) is 85.8 cm³/mol. The molecule has 0 aliphatic carbocycles. The summed E-state index contributed by atoms with van der Waals surface area (Å²) in [5, 5.41) is 3.71. The first-order chi connectivity index (χ1) is 8.84. The van der Waals surface area contributed by atoms with Gasteiger partial charge in [-0.3, -0.25) is 0 Å². The van der Waals surface area contributed by atoms with Crippen LogP contribution in [0, 0.1) is 19.3 Å². The van der Waals surface area contributed by atoms with Crippen molar-refractivity contribution >= 4 is 0 Å². The van der Waals surface area contributed by atoms with Crippen LogP contribution in [0.3, 0.4) is 0 Å². The topological polar surface area (TPSA) is 12.0 Å². The van der Waals surface area contributed by atoms with E-state index < -0.39 is 0 Å². The van der Waals surface area contributed by atoms with E-state index in [2.05, 4.69) is 65.1 Å². The second-order valence-electron chi connectivity index (χ2n) is 6.83. The van der Waals surface area contributed by atoms with Crippen molar-refractivity contribution in [3.05, 3.63) is 34.9 Å². The molecule has 0 saturated carbocycles. The van der Waals surface area contributed by atoms with Crippen LogP contribution in [0.4, 0.5) is 0 Å². The number of aryl methyl sites for hydroxylation is 3. The molecule has 0 fully saturated rings. The van der Waals surface area contributed by atoms with Gasteiger partial charge in [-0.2, -0.15) is 0 Å². The van der Waals surface area contributed by atoms with Crippen molar-refractivity contribution in [3.8, 4) is 0 Å². The highest BCUT2D eigenvalue weighted by Crippen LogP contribution is 2.23. The van der Waals surface area contributed by atoms with Crippen molar-refractivity contribution in [2.75, 3.05) is 6.54 Å². The normalized spacial score (nSPS) is 13.6. The van der Waals surface area contributed by atoms with Crippen molar-refractivity contribution in [2.45, 2.75) is 66.8 Å². The Hall–Kier alpha value is -0.820. The number of hydrogen-bond acceptors (Lipinski definition) is 1. The molecular formula is C18H31N. The molecule has 1 heteroatoms. The first kappa shape index (κ1) is 16.2. The number of rotatable bonds is 6. The molecule has 1 N–H and O–H groups in total. The van der Waals surface area contributed by atoms with Gasteiger partial charge in [-0.25, -0.2) is 0 Å². The summed E-state index contributed by atoms with van der Waals surface area (Å²) in [5.41, 5.74) is 4.59. The lowest BCUT2D eigenvalue weighted by Crippen LogP contribution is -2.41. The standard InChI is InChI=1S/C18H31N/c1-7-12-19-17(18(4,5)6)11-10-16-9-8-14(2)15(3)13-16/h8-9,13,17,19H,7,10-12H2,1-6H3. The Kier molecular flexibility index (Phi) is 6.06. The molecule has 1 aromatic rings. The zero-order chi connectivity index (χ0) is 14.5. The lowest BCUT2D eigenvalue weighted by Gasteiger charge is -2.32. The van der Waals surface area contributed by atoms with E-state index in [4.69, 9.17) is 0 Å². The molecule has 0 aromatic heterocycles. The number of hydrogen-bond donors (Lipinski definition) is 1. The van der Waals surface area contributed by atoms with Crippen LogP contribution in [-0.4, -0.2) is 12.6 Å². The minimum Gasteiger partial charge on any atom is -0.313 e. The van der Waals surface area contributed by atoms with Crippen LogP contribution >= 0.6 is 0 Å². The molecule has 0 saturated heterocycles. The van der Waals surface area contributed by atoms with E-state index in [1.165, 1.54) is 36.0 Å². The quantitative estimate of drug-likeness (QED) is 0.786. The van der Waals surface area contributed by atoms with Gasteiger partial charge in [0, 0.05) is 6.04 Å². The lowest BCUT2D eigenvalue weighted by molar-refractivity contribution is 0.255. The predicted octanol–water partition coefficient (Wildman–Crippen LogP) is 4.65. The van der Waals surface area contributed by atoms with Crippen LogP contribution < -0.4 is 5.32 Å². The van der Waals surface area contributed by atoms with Gasteiger partial charge in [-0.1, -0.05) is 45.9 Å². The van der Waals surface area contributed by atoms with Crippen LogP contribution in [0.2, 0.25) is 0 Å². The van der Waals surface area contributed by atoms with Gasteiger partial charge < -0.3 is 5.32 Å². The molecule has 1 rings (SSSR count). The Morgan fingerprint density at radius 1 is 1.11 bits per heavy atom. The highest BCUT2D eigenvalue weighted by Gasteiger charge is 2.23. The fraction of sp³-hybridized carbons (Fsp3) is 0.667. The third kappa shape index (κ3) is 5.36. The van der Waals surface area contributed by atoms with Gasteiger partial charge in [0.05, 0.1) is 0 Å². The molecule has 0 aliphatic heterocycles. The van der Waals surface area contributed by atoms with Crippen molar-refractivity contribution < 1.29 is 0 Å². The molecule has 0 spiro atoms. The third-order valence-electron chi connectivity index (χ3n) is 3.98. The summed E-state index contributed by atoms with van der Waals surface area (Å²) in [4.78, 5) is 0. The van der Waals surface area contributed by atoms with Crippen molar-refractivity contribution in [2.24, 2.45) is 5.41 Å². The molecule has 0 radical (unpaired) electrons. The smallest absolute Gasteiger partial charge is 0.0119 e. The lowest BCUT2D eigenvalue weighted by atomic mass is 9.83. The van der Waals surface area contributed by atoms with Gasteiger partial charge >= 0.3 is 0 Å². The van der Waals surface area contributed by atoms with E-state index in [-0.39, 0.29) is 0 Å². The molecule has 19 heavy (non-hydrogen) atoms. The van der Waals surface area contributed by atoms with Crippen molar-refractivity contribution in [1.82, 2.24) is 5.32 Å². The summed E-state index contributed by atoms with van der Waals surface area (Å²) in [7, 11) is 0. The molecule has 1 aromatic carbocycles. The fourth-order valence-electron chi connectivity index (χ4n) is 2.43. The van der Waals surface area contributed by atoms with Crippen LogP contribution in [0.5, 0.6) is 0 Å². The Bertz CT molecular complexity index is 387. The Balaban J connectivity index is 2.62. The molecule has 0 bridgehead atoms. The zero-order valence-electron chi connectivity index (χ0n) is 13.6. The van der Waals surface area contributed by atoms with Crippen molar-refractivity contribution in [3.63, 3.8) is 0 Å². The SMILES string of the molecule is CCCNC(CCc1ccc(C)c(C)c1)C(C)(C)C. The highest BCUT2D eigenvalue weighted by atomic mass is 14.9. The van der Waals surface area contributed by atoms with E-state index in [1.54, 1.807) is 0 Å². The third-order valence-corrected chi connectivity index (χ3v) is 3.98. The first-order valence-electron chi connectivity index (χ1n) is 7.64. The molecule has 1 atom stereocenters. The molecule has 108 valence electrons. The molecule has 0 aliphatic rings. The monoisotopic (exact) mass is 261 g/mol. The van der Waals surface area contributed by atoms with E-state index in [9.17, 15) is 0 Å². The minimum atomic E-state index is 0.328. The number of benzene rings is 1. The zero-order valence-corrected chi connectivity index (χ0v) is 13.6. The van der Waals surface area contributed by atoms with E-state index >= 15 is 0 Å². The molecular weight excluding hydrogens is 230 g/mol. The molecule has 0 heterocycles. The van der Waals surface area contributed by atoms with E-state index in [0.717, 1.165) is 6.54 Å². The number of nitrogens with one attached hydrogen (secondary N) is 1. The molecule has 0 amide bonds. The first-order valence-corrected chi connectivity index (χ1v) is 7.64. The summed E-state index contributed by atoms with van der Waals surface area (Å²) >= 11 is 0. The second-order valence-corrected chi connectivity index (χ2v) is 6.83. The van der Waals surface area contributed by atoms with Crippen molar-refractivity contribution in [1.29, 1.82) is 0 Å². The van der Waals surface area contributed by atoms with Gasteiger partial charge in [-0.05, 0) is 61.8 Å². The largest absolute Gasteiger partial charge is 0.313 e. The highest BCUT2D eigenvalue weighted by molar-refractivity contribution is 5.30. The summed E-state index contributed by atoms with van der Waals surface area (Å²) in [5.74, 6) is 0. The van der Waals surface area contributed by atoms with Crippen LogP contribution in [-0.2, 0) is 6.42 Å². The molecule has 1 unspecified atom stereocenters. The maximum Gasteiger partial charge on any atom is 0.0119 e. The van der Waals surface area contributed by atoms with E-state index in [0.29, 0.717) is 11.5 Å². The average Bonchev–Trinajstić information content (AvgIpc) is 2.32. The maximum absolute atomic E-state index is 3.71. The van der Waals surface area contributed by atoms with Gasteiger partial charge in [0.2, 0.25) is 0 Å². The minimum absolute atomic E-state index is 0.328. The average molecular weight is 261 g/mol.